The van der Waals surface area contributed by atoms with Crippen molar-refractivity contribution >= 4 is 11.7 Å². The number of nitrogens with one attached hydrogen (secondary N) is 3. The smallest absolute Gasteiger partial charge is 0.251 e. The zero-order chi connectivity index (χ0) is 21.4. The Balaban J connectivity index is 1.12. The average molecular weight is 423 g/mol. The van der Waals surface area contributed by atoms with Gasteiger partial charge in [-0.15, -0.1) is 0 Å². The second-order valence-electron chi connectivity index (χ2n) is 9.45. The summed E-state index contributed by atoms with van der Waals surface area (Å²) < 4.78 is 0. The first-order valence-corrected chi connectivity index (χ1v) is 11.2. The van der Waals surface area contributed by atoms with Crippen molar-refractivity contribution in [1.29, 1.82) is 0 Å². The van der Waals surface area contributed by atoms with Gasteiger partial charge in [0, 0.05) is 36.9 Å². The van der Waals surface area contributed by atoms with Crippen molar-refractivity contribution in [2.24, 2.45) is 5.41 Å². The molecule has 1 aliphatic heterocycles. The number of phenolic OH excluding ortho intramolecular Hbond substituents is 1. The lowest BCUT2D eigenvalue weighted by atomic mass is 9.54. The minimum absolute atomic E-state index is 0.149. The lowest BCUT2D eigenvalue weighted by Gasteiger charge is -2.54. The number of fused-ring (bicyclic) bond motifs is 1. The third kappa shape index (κ3) is 4.25. The van der Waals surface area contributed by atoms with E-state index in [1.807, 2.05) is 6.07 Å². The fourth-order valence-electron chi connectivity index (χ4n) is 5.27. The molecule has 2 fully saturated rings. The third-order valence-corrected chi connectivity index (χ3v) is 7.27. The molecule has 2 aliphatic carbocycles. The largest absolute Gasteiger partial charge is 0.508 e. The van der Waals surface area contributed by atoms with E-state index >= 15 is 0 Å². The summed E-state index contributed by atoms with van der Waals surface area (Å²) in [5, 5.41) is 29.8. The van der Waals surface area contributed by atoms with Gasteiger partial charge in [-0.25, -0.2) is 4.98 Å². The number of aliphatic hydroxyl groups is 1. The SMILES string of the molecule is O=C(NC[C@@H](O)[C@@H]1Cc2ccc(O)cc2CN1)c1ccnc(NC2CC3(CCC3)C2)c1. The van der Waals surface area contributed by atoms with Crippen LogP contribution in [-0.4, -0.2) is 45.8 Å². The Labute approximate surface area is 182 Å². The lowest BCUT2D eigenvalue weighted by Crippen LogP contribution is -2.49. The van der Waals surface area contributed by atoms with Crippen LogP contribution in [0.2, 0.25) is 0 Å². The van der Waals surface area contributed by atoms with Crippen molar-refractivity contribution in [3.05, 3.63) is 53.2 Å². The summed E-state index contributed by atoms with van der Waals surface area (Å²) in [6, 6.07) is 9.10. The summed E-state index contributed by atoms with van der Waals surface area (Å²) >= 11 is 0. The number of nitrogens with zero attached hydrogens (tertiary/aromatic N) is 1. The van der Waals surface area contributed by atoms with Gasteiger partial charge in [-0.05, 0) is 72.9 Å². The number of carbonyl (C=O) groups is 1. The molecular formula is C24H30N4O3. The molecule has 0 saturated heterocycles. The Morgan fingerprint density at radius 2 is 2.06 bits per heavy atom. The minimum Gasteiger partial charge on any atom is -0.508 e. The molecule has 5 rings (SSSR count). The Morgan fingerprint density at radius 1 is 1.23 bits per heavy atom. The number of hydrogen-bond donors (Lipinski definition) is 5. The van der Waals surface area contributed by atoms with Crippen LogP contribution in [0.15, 0.2) is 36.5 Å². The van der Waals surface area contributed by atoms with E-state index in [9.17, 15) is 15.0 Å². The monoisotopic (exact) mass is 422 g/mol. The third-order valence-electron chi connectivity index (χ3n) is 7.27. The number of aromatic hydroxyl groups is 1. The van der Waals surface area contributed by atoms with Crippen molar-refractivity contribution in [2.75, 3.05) is 11.9 Å². The van der Waals surface area contributed by atoms with Gasteiger partial charge in [0.25, 0.3) is 5.91 Å². The molecule has 1 amide bonds. The van der Waals surface area contributed by atoms with Gasteiger partial charge in [-0.1, -0.05) is 12.5 Å². The molecule has 1 aromatic heterocycles. The average Bonchev–Trinajstić information content (AvgIpc) is 2.72. The highest BCUT2D eigenvalue weighted by molar-refractivity contribution is 5.94. The quantitative estimate of drug-likeness (QED) is 0.489. The molecule has 7 heteroatoms. The number of benzene rings is 1. The Hall–Kier alpha value is -2.64. The molecule has 7 nitrogen and oxygen atoms in total. The number of carbonyl (C=O) groups excluding carboxylic acids is 1. The molecule has 2 heterocycles. The van der Waals surface area contributed by atoms with Crippen LogP contribution in [-0.2, 0) is 13.0 Å². The highest BCUT2D eigenvalue weighted by Gasteiger charge is 2.48. The number of aliphatic hydroxyl groups excluding tert-OH is 1. The predicted octanol–water partition coefficient (Wildman–Crippen LogP) is 2.34. The van der Waals surface area contributed by atoms with Crippen LogP contribution in [0, 0.1) is 5.41 Å². The van der Waals surface area contributed by atoms with Crippen molar-refractivity contribution in [3.8, 4) is 5.75 Å². The van der Waals surface area contributed by atoms with E-state index in [2.05, 4.69) is 20.9 Å². The number of anilines is 1. The van der Waals surface area contributed by atoms with Crippen molar-refractivity contribution < 1.29 is 15.0 Å². The highest BCUT2D eigenvalue weighted by atomic mass is 16.3. The van der Waals surface area contributed by atoms with Gasteiger partial charge < -0.3 is 26.2 Å². The molecule has 0 radical (unpaired) electrons. The topological polar surface area (TPSA) is 107 Å². The molecule has 1 spiro atoms. The molecule has 31 heavy (non-hydrogen) atoms. The normalized spacial score (nSPS) is 22.7. The molecular weight excluding hydrogens is 392 g/mol. The zero-order valence-corrected chi connectivity index (χ0v) is 17.6. The Morgan fingerprint density at radius 3 is 2.84 bits per heavy atom. The van der Waals surface area contributed by atoms with E-state index in [1.165, 1.54) is 32.1 Å². The van der Waals surface area contributed by atoms with Crippen molar-refractivity contribution in [3.63, 3.8) is 0 Å². The Kier molecular flexibility index (Phi) is 5.32. The molecule has 1 aromatic carbocycles. The van der Waals surface area contributed by atoms with Gasteiger partial charge in [0.1, 0.15) is 11.6 Å². The summed E-state index contributed by atoms with van der Waals surface area (Å²) in [6.07, 6.45) is 8.07. The highest BCUT2D eigenvalue weighted by Crippen LogP contribution is 2.56. The van der Waals surface area contributed by atoms with Crippen LogP contribution in [0.3, 0.4) is 0 Å². The molecule has 2 aromatic rings. The predicted molar refractivity (Wildman–Crippen MR) is 118 cm³/mol. The summed E-state index contributed by atoms with van der Waals surface area (Å²) in [7, 11) is 0. The van der Waals surface area contributed by atoms with Crippen molar-refractivity contribution in [1.82, 2.24) is 15.6 Å². The van der Waals surface area contributed by atoms with Crippen LogP contribution >= 0.6 is 0 Å². The van der Waals surface area contributed by atoms with Crippen LogP contribution in [0.25, 0.3) is 0 Å². The second-order valence-corrected chi connectivity index (χ2v) is 9.45. The molecule has 0 bridgehead atoms. The van der Waals surface area contributed by atoms with E-state index in [1.54, 1.807) is 30.5 Å². The molecule has 3 aliphatic rings. The van der Waals surface area contributed by atoms with Crippen LogP contribution in [0.1, 0.15) is 53.6 Å². The second kappa shape index (κ2) is 8.13. The summed E-state index contributed by atoms with van der Waals surface area (Å²) in [5.41, 5.74) is 3.28. The van der Waals surface area contributed by atoms with E-state index in [0.29, 0.717) is 30.0 Å². The molecule has 2 atom stereocenters. The first-order chi connectivity index (χ1) is 15.0. The maximum atomic E-state index is 12.6. The van der Waals surface area contributed by atoms with Gasteiger partial charge in [-0.3, -0.25) is 4.79 Å². The lowest BCUT2D eigenvalue weighted by molar-refractivity contribution is 0.0191. The van der Waals surface area contributed by atoms with Crippen molar-refractivity contribution in [2.45, 2.75) is 63.3 Å². The maximum absolute atomic E-state index is 12.6. The number of amides is 1. The number of rotatable bonds is 6. The van der Waals surface area contributed by atoms with Gasteiger partial charge in [0.2, 0.25) is 0 Å². The minimum atomic E-state index is -0.709. The summed E-state index contributed by atoms with van der Waals surface area (Å²) in [5.74, 6) is 0.772. The standard InChI is InChI=1S/C24H30N4O3/c29-19-3-2-15-9-20(26-13-17(15)8-19)21(30)14-27-23(31)16-4-7-25-22(10-16)28-18-11-24(12-18)5-1-6-24/h2-4,7-8,10,18,20-21,26,29-30H,1,5-6,9,11-14H2,(H,25,28)(H,27,31)/t20-,21+/m0/s1. The fraction of sp³-hybridized carbons (Fsp3) is 0.500. The molecule has 164 valence electrons. The summed E-state index contributed by atoms with van der Waals surface area (Å²) in [4.78, 5) is 17.0. The van der Waals surface area contributed by atoms with Gasteiger partial charge in [0.15, 0.2) is 0 Å². The molecule has 0 unspecified atom stereocenters. The summed E-state index contributed by atoms with van der Waals surface area (Å²) in [6.45, 7) is 0.751. The molecule has 2 saturated carbocycles. The first kappa shape index (κ1) is 20.3. The first-order valence-electron chi connectivity index (χ1n) is 11.2. The van der Waals surface area contributed by atoms with Gasteiger partial charge >= 0.3 is 0 Å². The fourth-order valence-corrected chi connectivity index (χ4v) is 5.27. The van der Waals surface area contributed by atoms with E-state index < -0.39 is 6.10 Å². The number of aromatic nitrogens is 1. The number of phenols is 1. The van der Waals surface area contributed by atoms with Gasteiger partial charge in [-0.2, -0.15) is 0 Å². The van der Waals surface area contributed by atoms with E-state index in [4.69, 9.17) is 0 Å². The number of hydrogen-bond acceptors (Lipinski definition) is 6. The zero-order valence-electron chi connectivity index (χ0n) is 17.6. The molecule has 5 N–H and O–H groups in total. The Bertz CT molecular complexity index is 967. The van der Waals surface area contributed by atoms with Crippen LogP contribution in [0.5, 0.6) is 5.75 Å². The maximum Gasteiger partial charge on any atom is 0.251 e. The van der Waals surface area contributed by atoms with E-state index in [-0.39, 0.29) is 24.2 Å². The van der Waals surface area contributed by atoms with Gasteiger partial charge in [0.05, 0.1) is 6.10 Å². The number of pyridine rings is 1. The van der Waals surface area contributed by atoms with Crippen LogP contribution in [0.4, 0.5) is 5.82 Å². The van der Waals surface area contributed by atoms with E-state index in [0.717, 1.165) is 16.9 Å². The van der Waals surface area contributed by atoms with Crippen LogP contribution < -0.4 is 16.0 Å².